The van der Waals surface area contributed by atoms with Gasteiger partial charge in [0.1, 0.15) is 17.3 Å². The first-order valence-electron chi connectivity index (χ1n) is 6.26. The van der Waals surface area contributed by atoms with Gasteiger partial charge in [-0.1, -0.05) is 17.7 Å². The third-order valence-corrected chi connectivity index (χ3v) is 4.53. The fraction of sp³-hybridized carbons (Fsp3) is 0.500. The summed E-state index contributed by atoms with van der Waals surface area (Å²) < 4.78 is 18.7. The molecule has 4 unspecified atom stereocenters. The Morgan fingerprint density at radius 1 is 1.53 bits per heavy atom. The molecule has 2 fully saturated rings. The number of nitriles is 1. The second-order valence-electron chi connectivity index (χ2n) is 5.25. The van der Waals surface area contributed by atoms with Crippen LogP contribution in [0.25, 0.3) is 0 Å². The van der Waals surface area contributed by atoms with Crippen LogP contribution >= 0.6 is 11.6 Å². The van der Waals surface area contributed by atoms with Crippen molar-refractivity contribution >= 4 is 11.6 Å². The van der Waals surface area contributed by atoms with Gasteiger partial charge in [-0.2, -0.15) is 5.26 Å². The molecule has 0 spiro atoms. The number of benzene rings is 1. The lowest BCUT2D eigenvalue weighted by Crippen LogP contribution is -2.37. The maximum Gasteiger partial charge on any atom is 0.124 e. The summed E-state index contributed by atoms with van der Waals surface area (Å²) in [6.45, 7) is 0. The Morgan fingerprint density at radius 3 is 2.84 bits per heavy atom. The third kappa shape index (κ3) is 1.85. The standard InChI is InChI=1S/C14H13ClFNO2/c15-11-5-8(16)1-3-10(11)13(18)14(7-17)6-9-2-4-12(14)19-9/h1,3,5,9,12-13,18H,2,4,6H2. The zero-order chi connectivity index (χ0) is 13.6. The number of hydrogen-bond donors (Lipinski definition) is 1. The van der Waals surface area contributed by atoms with Crippen molar-refractivity contribution in [3.63, 3.8) is 0 Å². The highest BCUT2D eigenvalue weighted by Gasteiger charge is 2.57. The molecular weight excluding hydrogens is 269 g/mol. The summed E-state index contributed by atoms with van der Waals surface area (Å²) >= 11 is 5.97. The molecule has 2 bridgehead atoms. The fourth-order valence-electron chi connectivity index (χ4n) is 3.21. The summed E-state index contributed by atoms with van der Waals surface area (Å²) in [6, 6.07) is 6.05. The molecule has 4 atom stereocenters. The van der Waals surface area contributed by atoms with E-state index in [9.17, 15) is 14.8 Å². The van der Waals surface area contributed by atoms with Gasteiger partial charge in [0.15, 0.2) is 0 Å². The van der Waals surface area contributed by atoms with E-state index in [2.05, 4.69) is 6.07 Å². The predicted molar refractivity (Wildman–Crippen MR) is 66.9 cm³/mol. The number of aliphatic hydroxyl groups is 1. The first kappa shape index (κ1) is 12.9. The first-order valence-corrected chi connectivity index (χ1v) is 6.64. The van der Waals surface area contributed by atoms with Gasteiger partial charge in [0.25, 0.3) is 0 Å². The molecule has 3 rings (SSSR count). The molecule has 2 saturated heterocycles. The Kier molecular flexibility index (Phi) is 3.01. The Bertz CT molecular complexity index is 559. The van der Waals surface area contributed by atoms with Crippen LogP contribution < -0.4 is 0 Å². The molecule has 1 aromatic rings. The zero-order valence-electron chi connectivity index (χ0n) is 10.1. The average molecular weight is 282 g/mol. The number of rotatable bonds is 2. The first-order chi connectivity index (χ1) is 9.06. The highest BCUT2D eigenvalue weighted by Crippen LogP contribution is 2.54. The van der Waals surface area contributed by atoms with Crippen molar-refractivity contribution in [3.05, 3.63) is 34.6 Å². The summed E-state index contributed by atoms with van der Waals surface area (Å²) in [5.74, 6) is -0.462. The average Bonchev–Trinajstić information content (AvgIpc) is 2.98. The van der Waals surface area contributed by atoms with Crippen LogP contribution in [0.5, 0.6) is 0 Å². The molecular formula is C14H13ClFNO2. The highest BCUT2D eigenvalue weighted by molar-refractivity contribution is 6.31. The quantitative estimate of drug-likeness (QED) is 0.907. The van der Waals surface area contributed by atoms with Crippen molar-refractivity contribution in [1.82, 2.24) is 0 Å². The Balaban J connectivity index is 1.99. The molecule has 5 heteroatoms. The van der Waals surface area contributed by atoms with Crippen molar-refractivity contribution in [2.45, 2.75) is 37.6 Å². The molecule has 0 aromatic heterocycles. The van der Waals surface area contributed by atoms with Crippen molar-refractivity contribution in [1.29, 1.82) is 5.26 Å². The lowest BCUT2D eigenvalue weighted by atomic mass is 9.69. The van der Waals surface area contributed by atoms with Crippen LogP contribution in [0.2, 0.25) is 5.02 Å². The smallest absolute Gasteiger partial charge is 0.124 e. The van der Waals surface area contributed by atoms with Crippen LogP contribution in [0.3, 0.4) is 0 Å². The van der Waals surface area contributed by atoms with E-state index in [1.165, 1.54) is 12.1 Å². The van der Waals surface area contributed by atoms with E-state index in [4.69, 9.17) is 16.3 Å². The Hall–Kier alpha value is -1.15. The second kappa shape index (κ2) is 4.45. The summed E-state index contributed by atoms with van der Waals surface area (Å²) in [4.78, 5) is 0. The molecule has 1 aromatic carbocycles. The van der Waals surface area contributed by atoms with Gasteiger partial charge >= 0.3 is 0 Å². The van der Waals surface area contributed by atoms with E-state index in [1.54, 1.807) is 0 Å². The minimum absolute atomic E-state index is 0.0403. The van der Waals surface area contributed by atoms with Crippen molar-refractivity contribution in [2.24, 2.45) is 5.41 Å². The number of ether oxygens (including phenoxy) is 1. The maximum absolute atomic E-state index is 13.1. The van der Waals surface area contributed by atoms with Crippen molar-refractivity contribution < 1.29 is 14.2 Å². The molecule has 2 heterocycles. The van der Waals surface area contributed by atoms with Crippen LogP contribution in [-0.4, -0.2) is 17.3 Å². The topological polar surface area (TPSA) is 53.2 Å². The summed E-state index contributed by atoms with van der Waals surface area (Å²) in [5, 5.41) is 20.2. The highest BCUT2D eigenvalue weighted by atomic mass is 35.5. The molecule has 3 nitrogen and oxygen atoms in total. The van der Waals surface area contributed by atoms with Crippen LogP contribution in [0.1, 0.15) is 30.9 Å². The normalized spacial score (nSPS) is 34.2. The fourth-order valence-corrected chi connectivity index (χ4v) is 3.48. The number of aliphatic hydroxyl groups excluding tert-OH is 1. The molecule has 100 valence electrons. The largest absolute Gasteiger partial charge is 0.387 e. The van der Waals surface area contributed by atoms with E-state index in [-0.39, 0.29) is 17.2 Å². The molecule has 0 aliphatic carbocycles. The van der Waals surface area contributed by atoms with Crippen molar-refractivity contribution in [3.8, 4) is 6.07 Å². The van der Waals surface area contributed by atoms with Crippen LogP contribution in [0.4, 0.5) is 4.39 Å². The van der Waals surface area contributed by atoms with Gasteiger partial charge in [0.2, 0.25) is 0 Å². The minimum Gasteiger partial charge on any atom is -0.387 e. The van der Waals surface area contributed by atoms with E-state index in [0.29, 0.717) is 12.0 Å². The van der Waals surface area contributed by atoms with Crippen LogP contribution in [0.15, 0.2) is 18.2 Å². The van der Waals surface area contributed by atoms with Gasteiger partial charge in [0.05, 0.1) is 18.3 Å². The van der Waals surface area contributed by atoms with Crippen LogP contribution in [0, 0.1) is 22.6 Å². The van der Waals surface area contributed by atoms with Gasteiger partial charge in [0, 0.05) is 10.6 Å². The molecule has 1 N–H and O–H groups in total. The van der Waals surface area contributed by atoms with E-state index >= 15 is 0 Å². The van der Waals surface area contributed by atoms with Gasteiger partial charge < -0.3 is 9.84 Å². The van der Waals surface area contributed by atoms with Gasteiger partial charge in [-0.3, -0.25) is 0 Å². The lowest BCUT2D eigenvalue weighted by molar-refractivity contribution is 0.00345. The van der Waals surface area contributed by atoms with Gasteiger partial charge in [-0.05, 0) is 31.4 Å². The number of hydrogen-bond acceptors (Lipinski definition) is 3. The molecule has 2 aliphatic rings. The minimum atomic E-state index is -1.05. The van der Waals surface area contributed by atoms with E-state index in [1.807, 2.05) is 0 Å². The van der Waals surface area contributed by atoms with E-state index in [0.717, 1.165) is 18.9 Å². The predicted octanol–water partition coefficient (Wildman–Crippen LogP) is 2.97. The molecule has 0 radical (unpaired) electrons. The Morgan fingerprint density at radius 2 is 2.32 bits per heavy atom. The number of nitrogens with zero attached hydrogens (tertiary/aromatic N) is 1. The second-order valence-corrected chi connectivity index (χ2v) is 5.66. The van der Waals surface area contributed by atoms with Crippen molar-refractivity contribution in [2.75, 3.05) is 0 Å². The van der Waals surface area contributed by atoms with Gasteiger partial charge in [-0.15, -0.1) is 0 Å². The third-order valence-electron chi connectivity index (χ3n) is 4.20. The zero-order valence-corrected chi connectivity index (χ0v) is 10.9. The maximum atomic E-state index is 13.1. The number of halogens is 2. The molecule has 0 amide bonds. The summed E-state index contributed by atoms with van der Waals surface area (Å²) in [5.41, 5.74) is -0.578. The lowest BCUT2D eigenvalue weighted by Gasteiger charge is -2.33. The SMILES string of the molecule is N#CC1(C(O)c2ccc(F)cc2Cl)CC2CCC1O2. The molecule has 2 aliphatic heterocycles. The number of fused-ring (bicyclic) bond motifs is 2. The monoisotopic (exact) mass is 281 g/mol. The van der Waals surface area contributed by atoms with E-state index < -0.39 is 17.3 Å². The summed E-state index contributed by atoms with van der Waals surface area (Å²) in [6.07, 6.45) is 0.924. The van der Waals surface area contributed by atoms with Gasteiger partial charge in [-0.25, -0.2) is 4.39 Å². The molecule has 0 saturated carbocycles. The Labute approximate surface area is 115 Å². The molecule has 19 heavy (non-hydrogen) atoms. The van der Waals surface area contributed by atoms with Crippen LogP contribution in [-0.2, 0) is 4.74 Å². The summed E-state index contributed by atoms with van der Waals surface area (Å²) in [7, 11) is 0.